The highest BCUT2D eigenvalue weighted by Gasteiger charge is 2.41. The minimum absolute atomic E-state index is 0.0102. The molecular formula is C15H21N3OS2. The predicted molar refractivity (Wildman–Crippen MR) is 93.0 cm³/mol. The summed E-state index contributed by atoms with van der Waals surface area (Å²) >= 11 is 6.99. The van der Waals surface area contributed by atoms with Crippen molar-refractivity contribution in [3.63, 3.8) is 0 Å². The molecule has 1 atom stereocenters. The molecule has 1 aromatic heterocycles. The molecule has 2 rings (SSSR count). The van der Waals surface area contributed by atoms with Gasteiger partial charge in [0.05, 0.1) is 17.3 Å². The molecule has 6 heteroatoms. The topological polar surface area (TPSA) is 36.4 Å². The van der Waals surface area contributed by atoms with Gasteiger partial charge in [0.1, 0.15) is 4.32 Å². The maximum Gasteiger partial charge on any atom is 0.263 e. The first-order chi connectivity index (χ1) is 9.73. The van der Waals surface area contributed by atoms with E-state index in [0.717, 1.165) is 11.4 Å². The number of nitrogens with zero attached hydrogens (tertiary/aromatic N) is 3. The van der Waals surface area contributed by atoms with Gasteiger partial charge in [-0.25, -0.2) is 0 Å². The lowest BCUT2D eigenvalue weighted by Gasteiger charge is -2.34. The highest BCUT2D eigenvalue weighted by atomic mass is 32.2. The third-order valence-electron chi connectivity index (χ3n) is 3.60. The normalized spacial score (nSPS) is 19.0. The summed E-state index contributed by atoms with van der Waals surface area (Å²) in [6, 6.07) is 1.96. The number of rotatable bonds is 2. The van der Waals surface area contributed by atoms with Crippen LogP contribution in [0.1, 0.15) is 31.1 Å². The van der Waals surface area contributed by atoms with Crippen LogP contribution in [0.2, 0.25) is 0 Å². The minimum atomic E-state index is -0.0540. The van der Waals surface area contributed by atoms with Crippen molar-refractivity contribution < 1.29 is 4.79 Å². The van der Waals surface area contributed by atoms with E-state index in [1.165, 1.54) is 0 Å². The smallest absolute Gasteiger partial charge is 0.263 e. The monoisotopic (exact) mass is 323 g/mol. The fraction of sp³-hybridized carbons (Fsp3) is 0.533. The molecule has 0 aliphatic carbocycles. The van der Waals surface area contributed by atoms with Gasteiger partial charge in [-0.2, -0.15) is 0 Å². The number of aromatic nitrogens is 1. The van der Waals surface area contributed by atoms with E-state index >= 15 is 0 Å². The molecule has 1 aromatic rings. The van der Waals surface area contributed by atoms with E-state index in [4.69, 9.17) is 12.2 Å². The van der Waals surface area contributed by atoms with Crippen molar-refractivity contribution in [2.24, 2.45) is 5.41 Å². The average Bonchev–Trinajstić information content (AvgIpc) is 2.79. The third kappa shape index (κ3) is 3.21. The van der Waals surface area contributed by atoms with Crippen LogP contribution < -0.4 is 4.90 Å². The molecule has 21 heavy (non-hydrogen) atoms. The van der Waals surface area contributed by atoms with Crippen molar-refractivity contribution >= 4 is 39.9 Å². The highest BCUT2D eigenvalue weighted by molar-refractivity contribution is 8.23. The molecule has 1 fully saturated rings. The Morgan fingerprint density at radius 1 is 1.48 bits per heavy atom. The number of carbonyl (C=O) groups excluding carboxylic acids is 1. The Bertz CT molecular complexity index is 566. The standard InChI is InChI=1S/C15H21N3OS2/c1-15(2,3)12-9-21-14(20)18(12)13(19)10-8-16-7-6-11(10)17(4)5/h6-8,12H,9H2,1-5H3/t12-/m1/s1. The Balaban J connectivity index is 2.41. The summed E-state index contributed by atoms with van der Waals surface area (Å²) in [6.07, 6.45) is 3.33. The Morgan fingerprint density at radius 2 is 2.14 bits per heavy atom. The van der Waals surface area contributed by atoms with Gasteiger partial charge in [0.15, 0.2) is 0 Å². The lowest BCUT2D eigenvalue weighted by molar-refractivity contribution is 0.0751. The molecular weight excluding hydrogens is 302 g/mol. The van der Waals surface area contributed by atoms with Crippen molar-refractivity contribution in [3.8, 4) is 0 Å². The highest BCUT2D eigenvalue weighted by Crippen LogP contribution is 2.37. The molecule has 1 amide bonds. The van der Waals surface area contributed by atoms with Crippen LogP contribution in [0, 0.1) is 5.41 Å². The van der Waals surface area contributed by atoms with Crippen LogP contribution in [-0.2, 0) is 0 Å². The lowest BCUT2D eigenvalue weighted by Crippen LogP contribution is -2.46. The Hall–Kier alpha value is -1.14. The number of thioether (sulfide) groups is 1. The second kappa shape index (κ2) is 5.93. The molecule has 0 bridgehead atoms. The summed E-state index contributed by atoms with van der Waals surface area (Å²) in [6.45, 7) is 6.42. The number of hydrogen-bond acceptors (Lipinski definition) is 5. The van der Waals surface area contributed by atoms with Crippen LogP contribution in [0.5, 0.6) is 0 Å². The quantitative estimate of drug-likeness (QED) is 0.782. The van der Waals surface area contributed by atoms with Gasteiger partial charge in [0.25, 0.3) is 5.91 Å². The number of amides is 1. The number of anilines is 1. The van der Waals surface area contributed by atoms with Crippen molar-refractivity contribution in [1.82, 2.24) is 9.88 Å². The van der Waals surface area contributed by atoms with Crippen LogP contribution in [0.4, 0.5) is 5.69 Å². The molecule has 0 unspecified atom stereocenters. The zero-order valence-corrected chi connectivity index (χ0v) is 14.7. The van der Waals surface area contributed by atoms with E-state index < -0.39 is 0 Å². The van der Waals surface area contributed by atoms with Crippen molar-refractivity contribution in [2.75, 3.05) is 24.7 Å². The largest absolute Gasteiger partial charge is 0.377 e. The summed E-state index contributed by atoms with van der Waals surface area (Å²) in [7, 11) is 3.84. The molecule has 0 spiro atoms. The van der Waals surface area contributed by atoms with Crippen molar-refractivity contribution in [1.29, 1.82) is 0 Å². The summed E-state index contributed by atoms with van der Waals surface area (Å²) < 4.78 is 0.661. The van der Waals surface area contributed by atoms with Gasteiger partial charge < -0.3 is 4.90 Å². The Kier molecular flexibility index (Phi) is 4.58. The van der Waals surface area contributed by atoms with Crippen molar-refractivity contribution in [2.45, 2.75) is 26.8 Å². The lowest BCUT2D eigenvalue weighted by atomic mass is 9.87. The zero-order valence-electron chi connectivity index (χ0n) is 13.1. The van der Waals surface area contributed by atoms with Gasteiger partial charge >= 0.3 is 0 Å². The molecule has 4 nitrogen and oxygen atoms in total. The van der Waals surface area contributed by atoms with E-state index in [1.807, 2.05) is 25.1 Å². The van der Waals surface area contributed by atoms with E-state index in [-0.39, 0.29) is 17.4 Å². The number of pyridine rings is 1. The number of carbonyl (C=O) groups is 1. The second-order valence-electron chi connectivity index (χ2n) is 6.42. The van der Waals surface area contributed by atoms with Crippen LogP contribution in [0.3, 0.4) is 0 Å². The first kappa shape index (κ1) is 16.2. The SMILES string of the molecule is CN(C)c1ccncc1C(=O)N1C(=S)SC[C@@H]1C(C)(C)C. The van der Waals surface area contributed by atoms with Crippen LogP contribution in [0.25, 0.3) is 0 Å². The molecule has 1 aliphatic heterocycles. The average molecular weight is 323 g/mol. The van der Waals surface area contributed by atoms with E-state index in [9.17, 15) is 4.79 Å². The fourth-order valence-corrected chi connectivity index (χ4v) is 4.07. The zero-order chi connectivity index (χ0) is 15.8. The maximum atomic E-state index is 13.0. The second-order valence-corrected chi connectivity index (χ2v) is 8.07. The van der Waals surface area contributed by atoms with Crippen molar-refractivity contribution in [3.05, 3.63) is 24.0 Å². The summed E-state index contributed by atoms with van der Waals surface area (Å²) in [5.41, 5.74) is 1.45. The van der Waals surface area contributed by atoms with E-state index in [2.05, 4.69) is 25.8 Å². The number of hydrogen-bond donors (Lipinski definition) is 0. The van der Waals surface area contributed by atoms with Gasteiger partial charge in [0, 0.05) is 32.2 Å². The Labute approximate surface area is 135 Å². The number of thiocarbonyl (C=S) groups is 1. The fourth-order valence-electron chi connectivity index (χ4n) is 2.35. The minimum Gasteiger partial charge on any atom is -0.377 e. The van der Waals surface area contributed by atoms with Gasteiger partial charge in [-0.3, -0.25) is 14.7 Å². The molecule has 0 radical (unpaired) electrons. The van der Waals surface area contributed by atoms with E-state index in [0.29, 0.717) is 9.88 Å². The molecule has 0 aromatic carbocycles. The van der Waals surface area contributed by atoms with Crippen LogP contribution in [-0.4, -0.2) is 46.0 Å². The molecule has 1 saturated heterocycles. The van der Waals surface area contributed by atoms with E-state index in [1.54, 1.807) is 29.1 Å². The third-order valence-corrected chi connectivity index (χ3v) is 5.08. The summed E-state index contributed by atoms with van der Waals surface area (Å²) in [5, 5.41) is 0. The molecule has 0 saturated carbocycles. The molecule has 1 aliphatic rings. The van der Waals surface area contributed by atoms with Gasteiger partial charge in [0.2, 0.25) is 0 Å². The Morgan fingerprint density at radius 3 is 2.71 bits per heavy atom. The molecule has 2 heterocycles. The first-order valence-electron chi connectivity index (χ1n) is 6.85. The summed E-state index contributed by atoms with van der Waals surface area (Å²) in [5.74, 6) is 0.799. The van der Waals surface area contributed by atoms with Gasteiger partial charge in [-0.1, -0.05) is 44.8 Å². The first-order valence-corrected chi connectivity index (χ1v) is 8.24. The van der Waals surface area contributed by atoms with Gasteiger partial charge in [-0.05, 0) is 11.5 Å². The van der Waals surface area contributed by atoms with Gasteiger partial charge in [-0.15, -0.1) is 0 Å². The predicted octanol–water partition coefficient (Wildman–Crippen LogP) is 3.04. The van der Waals surface area contributed by atoms with Crippen LogP contribution >= 0.6 is 24.0 Å². The summed E-state index contributed by atoms with van der Waals surface area (Å²) in [4.78, 5) is 20.8. The molecule has 114 valence electrons. The maximum absolute atomic E-state index is 13.0. The van der Waals surface area contributed by atoms with Crippen LogP contribution in [0.15, 0.2) is 18.5 Å². The molecule has 0 N–H and O–H groups in total.